The van der Waals surface area contributed by atoms with Crippen molar-refractivity contribution < 1.29 is 24.2 Å². The summed E-state index contributed by atoms with van der Waals surface area (Å²) in [5.74, 6) is -1.16. The number of Topliss-reactive ketones (excluding diaryl/α,β-unsaturated/α-hetero) is 1. The topological polar surface area (TPSA) is 98.8 Å². The Labute approximate surface area is 163 Å². The van der Waals surface area contributed by atoms with Crippen molar-refractivity contribution in [2.45, 2.75) is 43.8 Å². The fraction of sp³-hybridized carbons (Fsp3) is 0.364. The number of primary amides is 1. The zero-order valence-electron chi connectivity index (χ0n) is 15.9. The first-order chi connectivity index (χ1) is 13.3. The van der Waals surface area contributed by atoms with E-state index in [2.05, 4.69) is 13.8 Å². The van der Waals surface area contributed by atoms with Gasteiger partial charge in [0.15, 0.2) is 5.78 Å². The fourth-order valence-corrected chi connectivity index (χ4v) is 4.46. The Bertz CT molecular complexity index is 969. The summed E-state index contributed by atoms with van der Waals surface area (Å²) >= 11 is 0. The van der Waals surface area contributed by atoms with Crippen molar-refractivity contribution in [3.05, 3.63) is 64.7 Å². The molecule has 1 aliphatic heterocycles. The highest BCUT2D eigenvalue weighted by Crippen LogP contribution is 2.61. The molecule has 28 heavy (non-hydrogen) atoms. The molecule has 2 atom stereocenters. The van der Waals surface area contributed by atoms with E-state index in [1.807, 2.05) is 18.2 Å². The van der Waals surface area contributed by atoms with Crippen LogP contribution in [0.25, 0.3) is 0 Å². The minimum absolute atomic E-state index is 0.0657. The molecule has 2 aromatic carbocycles. The molecular weight excluding hydrogens is 358 g/mol. The highest BCUT2D eigenvalue weighted by atomic mass is 16.6. The average Bonchev–Trinajstić information content (AvgIpc) is 3.02. The molecule has 3 N–H and O–H groups in total. The van der Waals surface area contributed by atoms with Crippen LogP contribution in [0, 0.1) is 0 Å². The first kappa shape index (κ1) is 18.5. The van der Waals surface area contributed by atoms with Gasteiger partial charge in [0, 0.05) is 16.7 Å². The van der Waals surface area contributed by atoms with Gasteiger partial charge in [-0.3, -0.25) is 4.79 Å². The molecule has 0 fully saturated rings. The summed E-state index contributed by atoms with van der Waals surface area (Å²) in [7, 11) is 0. The maximum atomic E-state index is 13.5. The monoisotopic (exact) mass is 381 g/mol. The van der Waals surface area contributed by atoms with Gasteiger partial charge in [-0.25, -0.2) is 4.79 Å². The number of ketones is 1. The van der Waals surface area contributed by atoms with Crippen LogP contribution < -0.4 is 10.5 Å². The molecule has 1 amide bonds. The molecule has 4 rings (SSSR count). The lowest BCUT2D eigenvalue weighted by atomic mass is 9.71. The molecule has 6 nitrogen and oxygen atoms in total. The van der Waals surface area contributed by atoms with Gasteiger partial charge >= 0.3 is 6.09 Å². The molecule has 1 heterocycles. The maximum Gasteiger partial charge on any atom is 0.404 e. The van der Waals surface area contributed by atoms with Gasteiger partial charge in [0.05, 0.1) is 6.61 Å². The number of ether oxygens (including phenoxy) is 2. The zero-order valence-corrected chi connectivity index (χ0v) is 15.9. The van der Waals surface area contributed by atoms with Crippen molar-refractivity contribution in [2.24, 2.45) is 5.73 Å². The van der Waals surface area contributed by atoms with Gasteiger partial charge in [0.1, 0.15) is 11.2 Å². The number of hydrogen-bond donors (Lipinski definition) is 2. The second-order valence-corrected chi connectivity index (χ2v) is 7.71. The smallest absolute Gasteiger partial charge is 0.404 e. The van der Waals surface area contributed by atoms with Crippen LogP contribution in [0.5, 0.6) is 5.75 Å². The van der Waals surface area contributed by atoms with Crippen LogP contribution in [0.2, 0.25) is 0 Å². The largest absolute Gasteiger partial charge is 0.456 e. The Morgan fingerprint density at radius 1 is 1.21 bits per heavy atom. The predicted molar refractivity (Wildman–Crippen MR) is 102 cm³/mol. The molecule has 0 radical (unpaired) electrons. The molecule has 1 aliphatic carbocycles. The molecule has 6 heteroatoms. The molecule has 2 aliphatic rings. The number of benzene rings is 2. The first-order valence-electron chi connectivity index (χ1n) is 9.43. The molecule has 0 spiro atoms. The van der Waals surface area contributed by atoms with Crippen molar-refractivity contribution in [1.82, 2.24) is 0 Å². The van der Waals surface area contributed by atoms with E-state index >= 15 is 0 Å². The predicted octanol–water partition coefficient (Wildman–Crippen LogP) is 3.36. The number of nitrogens with two attached hydrogens (primary N) is 1. The Hall–Kier alpha value is -2.86. The number of rotatable bonds is 5. The summed E-state index contributed by atoms with van der Waals surface area (Å²) < 4.78 is 10.9. The average molecular weight is 381 g/mol. The highest BCUT2D eigenvalue weighted by Gasteiger charge is 2.69. The third-order valence-electron chi connectivity index (χ3n) is 5.83. The van der Waals surface area contributed by atoms with Gasteiger partial charge in [-0.2, -0.15) is 0 Å². The summed E-state index contributed by atoms with van der Waals surface area (Å²) in [4.78, 5) is 24.4. The molecule has 0 aromatic heterocycles. The van der Waals surface area contributed by atoms with E-state index in [-0.39, 0.29) is 24.7 Å². The number of carbonyl (C=O) groups excluding carboxylic acids is 2. The molecule has 0 saturated heterocycles. The molecular formula is C22H23NO5. The molecule has 0 bridgehead atoms. The van der Waals surface area contributed by atoms with E-state index in [1.165, 1.54) is 0 Å². The zero-order chi connectivity index (χ0) is 20.1. The van der Waals surface area contributed by atoms with Crippen LogP contribution in [-0.4, -0.2) is 23.6 Å². The second kappa shape index (κ2) is 6.34. The summed E-state index contributed by atoms with van der Waals surface area (Å²) in [5, 5.41) is 11.7. The van der Waals surface area contributed by atoms with E-state index in [0.29, 0.717) is 28.9 Å². The van der Waals surface area contributed by atoms with E-state index in [0.717, 1.165) is 5.56 Å². The third-order valence-corrected chi connectivity index (χ3v) is 5.83. The highest BCUT2D eigenvalue weighted by molar-refractivity contribution is 6.11. The van der Waals surface area contributed by atoms with Crippen LogP contribution in [0.3, 0.4) is 0 Å². The Morgan fingerprint density at radius 2 is 1.96 bits per heavy atom. The van der Waals surface area contributed by atoms with Crippen molar-refractivity contribution in [2.75, 3.05) is 6.61 Å². The van der Waals surface area contributed by atoms with E-state index in [1.54, 1.807) is 24.3 Å². The van der Waals surface area contributed by atoms with Gasteiger partial charge in [-0.1, -0.05) is 50.2 Å². The standard InChI is InChI=1S/C22H23NO5/c1-13(2)14-8-9-17-18(12-14)28-22(26)16-7-4-3-6-15(16)19(24)21(17,22)10-5-11-27-20(23)25/h3-4,6-9,12-13,26H,5,10-11H2,1-2H3,(H2,23,25). The molecule has 0 saturated carbocycles. The minimum Gasteiger partial charge on any atom is -0.456 e. The summed E-state index contributed by atoms with van der Waals surface area (Å²) in [6, 6.07) is 12.7. The van der Waals surface area contributed by atoms with Gasteiger partial charge in [-0.05, 0) is 30.4 Å². The van der Waals surface area contributed by atoms with Crippen LogP contribution in [0.15, 0.2) is 42.5 Å². The third kappa shape index (κ3) is 2.37. The van der Waals surface area contributed by atoms with Gasteiger partial charge in [0.25, 0.3) is 5.79 Å². The minimum atomic E-state index is -1.79. The lowest BCUT2D eigenvalue weighted by Gasteiger charge is -2.33. The summed E-state index contributed by atoms with van der Waals surface area (Å²) in [5.41, 5.74) is 6.42. The van der Waals surface area contributed by atoms with E-state index in [4.69, 9.17) is 15.2 Å². The molecule has 2 unspecified atom stereocenters. The lowest BCUT2D eigenvalue weighted by molar-refractivity contribution is -0.166. The molecule has 2 aromatic rings. The van der Waals surface area contributed by atoms with E-state index in [9.17, 15) is 14.7 Å². The van der Waals surface area contributed by atoms with Crippen molar-refractivity contribution >= 4 is 11.9 Å². The van der Waals surface area contributed by atoms with Gasteiger partial charge in [-0.15, -0.1) is 0 Å². The van der Waals surface area contributed by atoms with Gasteiger partial charge in [0.2, 0.25) is 0 Å². The summed E-state index contributed by atoms with van der Waals surface area (Å²) in [6.45, 7) is 4.21. The summed E-state index contributed by atoms with van der Waals surface area (Å²) in [6.07, 6.45) is -0.240. The first-order valence-corrected chi connectivity index (χ1v) is 9.43. The van der Waals surface area contributed by atoms with Gasteiger partial charge < -0.3 is 20.3 Å². The Kier molecular flexibility index (Phi) is 4.19. The number of aliphatic hydroxyl groups is 1. The van der Waals surface area contributed by atoms with Crippen LogP contribution in [0.4, 0.5) is 4.79 Å². The van der Waals surface area contributed by atoms with Crippen LogP contribution in [-0.2, 0) is 15.9 Å². The van der Waals surface area contributed by atoms with Crippen molar-refractivity contribution in [3.8, 4) is 5.75 Å². The van der Waals surface area contributed by atoms with Crippen LogP contribution >= 0.6 is 0 Å². The number of carbonyl (C=O) groups is 2. The van der Waals surface area contributed by atoms with E-state index < -0.39 is 17.3 Å². The Balaban J connectivity index is 1.82. The van der Waals surface area contributed by atoms with Crippen molar-refractivity contribution in [1.29, 1.82) is 0 Å². The fourth-order valence-electron chi connectivity index (χ4n) is 4.46. The number of hydrogen-bond acceptors (Lipinski definition) is 5. The quantitative estimate of drug-likeness (QED) is 0.774. The second-order valence-electron chi connectivity index (χ2n) is 7.71. The number of fused-ring (bicyclic) bond motifs is 5. The Morgan fingerprint density at radius 3 is 2.68 bits per heavy atom. The SMILES string of the molecule is CC(C)c1ccc2c(c1)OC1(O)c3ccccc3C(=O)C21CCCOC(N)=O. The maximum absolute atomic E-state index is 13.5. The van der Waals surface area contributed by atoms with Crippen LogP contribution in [0.1, 0.15) is 59.7 Å². The molecule has 146 valence electrons. The normalized spacial score (nSPS) is 24.5. The van der Waals surface area contributed by atoms with Crippen molar-refractivity contribution in [3.63, 3.8) is 0 Å². The lowest BCUT2D eigenvalue weighted by Crippen LogP contribution is -2.49. The number of amides is 1.